The van der Waals surface area contributed by atoms with E-state index in [-0.39, 0.29) is 17.5 Å². The largest absolute Gasteiger partial charge is 0.377 e. The van der Waals surface area contributed by atoms with Crippen molar-refractivity contribution in [3.8, 4) is 0 Å². The molecule has 0 fully saturated rings. The third-order valence-corrected chi connectivity index (χ3v) is 5.36. The summed E-state index contributed by atoms with van der Waals surface area (Å²) in [6, 6.07) is 14.2. The van der Waals surface area contributed by atoms with Gasteiger partial charge in [-0.25, -0.2) is 10.1 Å². The van der Waals surface area contributed by atoms with Gasteiger partial charge in [-0.2, -0.15) is 5.10 Å². The Kier molecular flexibility index (Phi) is 3.40. The summed E-state index contributed by atoms with van der Waals surface area (Å²) in [5.74, 6) is 0.783. The molecule has 6 nitrogen and oxygen atoms in total. The lowest BCUT2D eigenvalue weighted by Crippen LogP contribution is -2.29. The SMILES string of the molecule is Cc1ccc(C2Nc3cccc4c(=O)[nH]nc(c34)C2c2nccn2C)cc1. The standard InChI is InChI=1S/C21H19N5O/c1-12-6-8-13(9-7-12)18-17(20-22-10-11-26(20)2)19-16-14(21(27)25-24-19)4-3-5-15(16)23-18/h3-11,17-18,23H,1-2H3,(H,25,27). The number of aryl methyl sites for hydroxylation is 2. The zero-order chi connectivity index (χ0) is 18.5. The Bertz CT molecular complexity index is 1210. The molecule has 5 rings (SSSR count). The van der Waals surface area contributed by atoms with E-state index in [4.69, 9.17) is 0 Å². The highest BCUT2D eigenvalue weighted by Crippen LogP contribution is 2.45. The van der Waals surface area contributed by atoms with Crippen LogP contribution in [0.2, 0.25) is 0 Å². The summed E-state index contributed by atoms with van der Waals surface area (Å²) in [4.78, 5) is 16.9. The van der Waals surface area contributed by atoms with Gasteiger partial charge in [0, 0.05) is 30.5 Å². The molecule has 1 aliphatic rings. The molecule has 0 bridgehead atoms. The second-order valence-electron chi connectivity index (χ2n) is 7.07. The average Bonchev–Trinajstić information content (AvgIpc) is 3.10. The first-order valence-corrected chi connectivity index (χ1v) is 8.95. The molecular weight excluding hydrogens is 338 g/mol. The lowest BCUT2D eigenvalue weighted by molar-refractivity contribution is 0.584. The molecular formula is C21H19N5O. The Morgan fingerprint density at radius 1 is 1.11 bits per heavy atom. The number of rotatable bonds is 2. The molecule has 2 aromatic carbocycles. The fraction of sp³-hybridized carbons (Fsp3) is 0.190. The van der Waals surface area contributed by atoms with E-state index in [0.717, 1.165) is 28.2 Å². The van der Waals surface area contributed by atoms with Gasteiger partial charge in [0.2, 0.25) is 0 Å². The predicted molar refractivity (Wildman–Crippen MR) is 105 cm³/mol. The van der Waals surface area contributed by atoms with Crippen molar-refractivity contribution < 1.29 is 0 Å². The van der Waals surface area contributed by atoms with Crippen molar-refractivity contribution in [2.75, 3.05) is 5.32 Å². The van der Waals surface area contributed by atoms with Crippen molar-refractivity contribution in [1.29, 1.82) is 0 Å². The number of imidazole rings is 1. The van der Waals surface area contributed by atoms with Gasteiger partial charge in [-0.3, -0.25) is 4.79 Å². The average molecular weight is 357 g/mol. The van der Waals surface area contributed by atoms with Gasteiger partial charge in [-0.1, -0.05) is 35.9 Å². The first-order chi connectivity index (χ1) is 13.1. The Hall–Kier alpha value is -3.41. The summed E-state index contributed by atoms with van der Waals surface area (Å²) in [6.07, 6.45) is 3.73. The monoisotopic (exact) mass is 357 g/mol. The Labute approximate surface area is 155 Å². The molecule has 4 aromatic rings. The number of H-pyrrole nitrogens is 1. The number of aromatic nitrogens is 4. The molecule has 1 aliphatic heterocycles. The Balaban J connectivity index is 1.81. The highest BCUT2D eigenvalue weighted by atomic mass is 16.1. The minimum atomic E-state index is -0.176. The lowest BCUT2D eigenvalue weighted by Gasteiger charge is -2.34. The Morgan fingerprint density at radius 3 is 2.67 bits per heavy atom. The third-order valence-electron chi connectivity index (χ3n) is 5.36. The van der Waals surface area contributed by atoms with E-state index >= 15 is 0 Å². The van der Waals surface area contributed by atoms with Gasteiger partial charge in [0.15, 0.2) is 0 Å². The van der Waals surface area contributed by atoms with Crippen LogP contribution in [0.3, 0.4) is 0 Å². The van der Waals surface area contributed by atoms with Crippen molar-refractivity contribution in [2.45, 2.75) is 18.9 Å². The topological polar surface area (TPSA) is 75.6 Å². The molecule has 0 saturated carbocycles. The number of nitrogens with one attached hydrogen (secondary N) is 2. The molecule has 0 amide bonds. The van der Waals surface area contributed by atoms with Crippen LogP contribution in [0.5, 0.6) is 0 Å². The van der Waals surface area contributed by atoms with Crippen molar-refractivity contribution in [3.63, 3.8) is 0 Å². The van der Waals surface area contributed by atoms with Crippen LogP contribution < -0.4 is 10.9 Å². The number of nitrogens with zero attached hydrogens (tertiary/aromatic N) is 3. The molecule has 2 unspecified atom stereocenters. The van der Waals surface area contributed by atoms with E-state index in [1.54, 1.807) is 6.20 Å². The van der Waals surface area contributed by atoms with E-state index in [2.05, 4.69) is 51.7 Å². The second kappa shape index (κ2) is 5.81. The zero-order valence-corrected chi connectivity index (χ0v) is 15.1. The van der Waals surface area contributed by atoms with Crippen LogP contribution >= 0.6 is 0 Å². The number of aromatic amines is 1. The molecule has 2 atom stereocenters. The maximum atomic E-state index is 12.3. The van der Waals surface area contributed by atoms with Gasteiger partial charge < -0.3 is 9.88 Å². The minimum absolute atomic E-state index is 0.0387. The van der Waals surface area contributed by atoms with E-state index in [1.807, 2.05) is 36.0 Å². The normalized spacial score (nSPS) is 18.4. The summed E-state index contributed by atoms with van der Waals surface area (Å²) >= 11 is 0. The van der Waals surface area contributed by atoms with Crippen molar-refractivity contribution in [2.24, 2.45) is 7.05 Å². The van der Waals surface area contributed by atoms with Crippen molar-refractivity contribution in [1.82, 2.24) is 19.7 Å². The maximum absolute atomic E-state index is 12.3. The van der Waals surface area contributed by atoms with E-state index < -0.39 is 0 Å². The summed E-state index contributed by atoms with van der Waals surface area (Å²) < 4.78 is 2.01. The van der Waals surface area contributed by atoms with Crippen LogP contribution in [0.15, 0.2) is 59.7 Å². The molecule has 2 N–H and O–H groups in total. The summed E-state index contributed by atoms with van der Waals surface area (Å²) in [5.41, 5.74) is 3.97. The van der Waals surface area contributed by atoms with Crippen molar-refractivity contribution >= 4 is 16.5 Å². The smallest absolute Gasteiger partial charge is 0.272 e. The van der Waals surface area contributed by atoms with Crippen LogP contribution in [-0.2, 0) is 7.05 Å². The number of benzene rings is 2. The zero-order valence-electron chi connectivity index (χ0n) is 15.1. The molecule has 0 aliphatic carbocycles. The van der Waals surface area contributed by atoms with Crippen LogP contribution in [0.1, 0.15) is 34.6 Å². The van der Waals surface area contributed by atoms with E-state index in [0.29, 0.717) is 5.39 Å². The van der Waals surface area contributed by atoms with Gasteiger partial charge in [-0.05, 0) is 24.6 Å². The number of anilines is 1. The van der Waals surface area contributed by atoms with Crippen LogP contribution in [0, 0.1) is 6.92 Å². The predicted octanol–water partition coefficient (Wildman–Crippen LogP) is 3.26. The van der Waals surface area contributed by atoms with Crippen LogP contribution in [0.25, 0.3) is 10.8 Å². The summed E-state index contributed by atoms with van der Waals surface area (Å²) in [6.45, 7) is 2.08. The summed E-state index contributed by atoms with van der Waals surface area (Å²) in [7, 11) is 1.98. The fourth-order valence-corrected chi connectivity index (χ4v) is 4.00. The number of hydrogen-bond acceptors (Lipinski definition) is 4. The maximum Gasteiger partial charge on any atom is 0.272 e. The molecule has 134 valence electrons. The highest BCUT2D eigenvalue weighted by molar-refractivity contribution is 5.97. The second-order valence-corrected chi connectivity index (χ2v) is 7.07. The van der Waals surface area contributed by atoms with Crippen molar-refractivity contribution in [3.05, 3.63) is 87.9 Å². The highest BCUT2D eigenvalue weighted by Gasteiger charge is 2.36. The van der Waals surface area contributed by atoms with Gasteiger partial charge in [0.05, 0.1) is 23.0 Å². The quantitative estimate of drug-likeness (QED) is 0.577. The molecule has 6 heteroatoms. The molecule has 0 spiro atoms. The molecule has 0 radical (unpaired) electrons. The van der Waals surface area contributed by atoms with Crippen LogP contribution in [-0.4, -0.2) is 19.7 Å². The molecule has 2 aromatic heterocycles. The number of hydrogen-bond donors (Lipinski definition) is 2. The van der Waals surface area contributed by atoms with Gasteiger partial charge >= 0.3 is 0 Å². The first-order valence-electron chi connectivity index (χ1n) is 8.95. The van der Waals surface area contributed by atoms with E-state index in [1.165, 1.54) is 5.56 Å². The van der Waals surface area contributed by atoms with Crippen LogP contribution in [0.4, 0.5) is 5.69 Å². The van der Waals surface area contributed by atoms with Gasteiger partial charge in [0.1, 0.15) is 5.82 Å². The van der Waals surface area contributed by atoms with Gasteiger partial charge in [-0.15, -0.1) is 0 Å². The summed E-state index contributed by atoms with van der Waals surface area (Å²) in [5, 5.41) is 12.3. The molecule has 0 saturated heterocycles. The fourth-order valence-electron chi connectivity index (χ4n) is 4.00. The third kappa shape index (κ3) is 2.37. The molecule has 27 heavy (non-hydrogen) atoms. The minimum Gasteiger partial charge on any atom is -0.377 e. The first kappa shape index (κ1) is 15.8. The van der Waals surface area contributed by atoms with Gasteiger partial charge in [0.25, 0.3) is 5.56 Å². The molecule has 3 heterocycles. The lowest BCUT2D eigenvalue weighted by atomic mass is 9.83. The Morgan fingerprint density at radius 2 is 1.93 bits per heavy atom. The van der Waals surface area contributed by atoms with E-state index in [9.17, 15) is 4.79 Å².